The van der Waals surface area contributed by atoms with Crippen LogP contribution >= 0.6 is 11.6 Å². The molecule has 2 rings (SSSR count). The fourth-order valence-electron chi connectivity index (χ4n) is 1.58. The first-order valence-electron chi connectivity index (χ1n) is 6.70. The van der Waals surface area contributed by atoms with Gasteiger partial charge in [-0.15, -0.1) is 0 Å². The van der Waals surface area contributed by atoms with Gasteiger partial charge in [0.2, 0.25) is 5.91 Å². The van der Waals surface area contributed by atoms with Gasteiger partial charge in [-0.05, 0) is 35.9 Å². The number of hydrazone groups is 1. The largest absolute Gasteiger partial charge is 0.465 e. The molecule has 0 aliphatic rings. The van der Waals surface area contributed by atoms with Crippen LogP contribution in [0.3, 0.4) is 0 Å². The summed E-state index contributed by atoms with van der Waals surface area (Å²) in [4.78, 5) is 23.0. The van der Waals surface area contributed by atoms with Gasteiger partial charge in [-0.25, -0.2) is 5.43 Å². The normalized spacial score (nSPS) is 11.0. The lowest BCUT2D eigenvalue weighted by atomic mass is 10.2. The van der Waals surface area contributed by atoms with Crippen molar-refractivity contribution in [1.82, 2.24) is 10.7 Å². The molecule has 0 bridgehead atoms. The van der Waals surface area contributed by atoms with Crippen molar-refractivity contribution in [3.63, 3.8) is 0 Å². The molecule has 0 saturated heterocycles. The van der Waals surface area contributed by atoms with Crippen molar-refractivity contribution in [2.45, 2.75) is 0 Å². The lowest BCUT2D eigenvalue weighted by molar-refractivity contribution is -0.123. The topological polar surface area (TPSA) is 83.7 Å². The van der Waals surface area contributed by atoms with Gasteiger partial charge in [0.1, 0.15) is 5.76 Å². The Balaban J connectivity index is 1.71. The average molecular weight is 332 g/mol. The smallest absolute Gasteiger partial charge is 0.259 e. The number of benzene rings is 1. The van der Waals surface area contributed by atoms with E-state index in [0.717, 1.165) is 5.56 Å². The first-order valence-corrected chi connectivity index (χ1v) is 7.08. The van der Waals surface area contributed by atoms with E-state index in [9.17, 15) is 9.59 Å². The molecule has 0 aliphatic carbocycles. The van der Waals surface area contributed by atoms with Gasteiger partial charge in [0, 0.05) is 11.1 Å². The van der Waals surface area contributed by atoms with Crippen molar-refractivity contribution >= 4 is 35.7 Å². The average Bonchev–Trinajstić information content (AvgIpc) is 3.04. The van der Waals surface area contributed by atoms with Gasteiger partial charge < -0.3 is 9.73 Å². The van der Waals surface area contributed by atoms with E-state index in [0.29, 0.717) is 10.8 Å². The van der Waals surface area contributed by atoms with Gasteiger partial charge in [-0.2, -0.15) is 5.10 Å². The fourth-order valence-corrected chi connectivity index (χ4v) is 1.77. The Morgan fingerprint density at radius 3 is 2.87 bits per heavy atom. The lowest BCUT2D eigenvalue weighted by Gasteiger charge is -2.00. The number of amides is 2. The Labute approximate surface area is 137 Å². The molecule has 7 heteroatoms. The number of nitrogens with one attached hydrogen (secondary N) is 2. The zero-order chi connectivity index (χ0) is 16.5. The molecule has 1 heterocycles. The molecule has 0 spiro atoms. The van der Waals surface area contributed by atoms with Crippen LogP contribution in [0.25, 0.3) is 6.08 Å². The summed E-state index contributed by atoms with van der Waals surface area (Å²) < 4.78 is 5.04. The molecular weight excluding hydrogens is 318 g/mol. The summed E-state index contributed by atoms with van der Waals surface area (Å²) in [6.45, 7) is -0.186. The highest BCUT2D eigenvalue weighted by Gasteiger charge is 2.01. The molecule has 118 valence electrons. The molecule has 1 aromatic carbocycles. The third kappa shape index (κ3) is 6.19. The Morgan fingerprint density at radius 2 is 2.13 bits per heavy atom. The van der Waals surface area contributed by atoms with Crippen LogP contribution in [0.15, 0.2) is 58.3 Å². The first-order chi connectivity index (χ1) is 11.1. The molecule has 0 atom stereocenters. The molecule has 23 heavy (non-hydrogen) atoms. The molecule has 0 fully saturated rings. The summed E-state index contributed by atoms with van der Waals surface area (Å²) in [6.07, 6.45) is 5.75. The summed E-state index contributed by atoms with van der Waals surface area (Å²) in [7, 11) is 0. The predicted molar refractivity (Wildman–Crippen MR) is 87.9 cm³/mol. The molecule has 1 aromatic heterocycles. The minimum Gasteiger partial charge on any atom is -0.465 e. The van der Waals surface area contributed by atoms with E-state index >= 15 is 0 Å². The number of hydrogen-bond acceptors (Lipinski definition) is 4. The van der Waals surface area contributed by atoms with Crippen molar-refractivity contribution in [2.75, 3.05) is 6.54 Å². The van der Waals surface area contributed by atoms with E-state index in [1.807, 2.05) is 0 Å². The highest BCUT2D eigenvalue weighted by molar-refractivity contribution is 6.30. The number of carbonyl (C=O) groups excluding carboxylic acids is 2. The number of furan rings is 1. The van der Waals surface area contributed by atoms with Crippen LogP contribution in [-0.4, -0.2) is 24.6 Å². The van der Waals surface area contributed by atoms with Crippen LogP contribution in [0.5, 0.6) is 0 Å². The monoisotopic (exact) mass is 331 g/mol. The highest BCUT2D eigenvalue weighted by atomic mass is 35.5. The van der Waals surface area contributed by atoms with Crippen LogP contribution in [0, 0.1) is 0 Å². The van der Waals surface area contributed by atoms with Crippen LogP contribution in [0.2, 0.25) is 5.02 Å². The van der Waals surface area contributed by atoms with Gasteiger partial charge in [0.25, 0.3) is 5.91 Å². The highest BCUT2D eigenvalue weighted by Crippen LogP contribution is 2.08. The van der Waals surface area contributed by atoms with E-state index in [2.05, 4.69) is 15.8 Å². The zero-order valence-corrected chi connectivity index (χ0v) is 12.8. The number of carbonyl (C=O) groups is 2. The van der Waals surface area contributed by atoms with E-state index < -0.39 is 11.8 Å². The third-order valence-corrected chi connectivity index (χ3v) is 2.85. The maximum absolute atomic E-state index is 11.5. The fraction of sp³-hybridized carbons (Fsp3) is 0.0625. The number of rotatable bonds is 6. The van der Waals surface area contributed by atoms with E-state index in [-0.39, 0.29) is 6.54 Å². The number of nitrogens with zero attached hydrogens (tertiary/aromatic N) is 1. The molecule has 0 unspecified atom stereocenters. The molecule has 0 saturated carbocycles. The standard InChI is InChI=1S/C16H14ClN3O3/c17-13-4-1-3-12(9-13)10-19-20-16(22)11-18-15(21)7-6-14-5-2-8-23-14/h1-10H,11H2,(H,18,21)(H,20,22). The maximum Gasteiger partial charge on any atom is 0.259 e. The second kappa shape index (κ2) is 8.55. The van der Waals surface area contributed by atoms with Crippen LogP contribution in [-0.2, 0) is 9.59 Å². The van der Waals surface area contributed by atoms with Gasteiger partial charge >= 0.3 is 0 Å². The second-order valence-electron chi connectivity index (χ2n) is 4.41. The minimum atomic E-state index is -0.442. The van der Waals surface area contributed by atoms with Crippen molar-refractivity contribution in [2.24, 2.45) is 5.10 Å². The molecule has 2 N–H and O–H groups in total. The lowest BCUT2D eigenvalue weighted by Crippen LogP contribution is -2.34. The van der Waals surface area contributed by atoms with Gasteiger partial charge in [-0.3, -0.25) is 9.59 Å². The van der Waals surface area contributed by atoms with Crippen molar-refractivity contribution < 1.29 is 14.0 Å². The molecule has 0 radical (unpaired) electrons. The van der Waals surface area contributed by atoms with Crippen LogP contribution in [0.1, 0.15) is 11.3 Å². The Bertz CT molecular complexity index is 724. The van der Waals surface area contributed by atoms with E-state index in [1.165, 1.54) is 24.6 Å². The first kappa shape index (κ1) is 16.5. The van der Waals surface area contributed by atoms with Crippen molar-refractivity contribution in [3.8, 4) is 0 Å². The Morgan fingerprint density at radius 1 is 1.26 bits per heavy atom. The van der Waals surface area contributed by atoms with E-state index in [1.54, 1.807) is 36.4 Å². The predicted octanol–water partition coefficient (Wildman–Crippen LogP) is 2.21. The summed E-state index contributed by atoms with van der Waals surface area (Å²) in [6, 6.07) is 10.4. The molecule has 2 aromatic rings. The number of hydrogen-bond donors (Lipinski definition) is 2. The van der Waals surface area contributed by atoms with Gasteiger partial charge in [0.05, 0.1) is 19.0 Å². The number of halogens is 1. The van der Waals surface area contributed by atoms with E-state index in [4.69, 9.17) is 16.0 Å². The summed E-state index contributed by atoms with van der Waals surface area (Å²) in [5.41, 5.74) is 3.06. The second-order valence-corrected chi connectivity index (χ2v) is 4.85. The maximum atomic E-state index is 11.5. The van der Waals surface area contributed by atoms with Crippen molar-refractivity contribution in [3.05, 3.63) is 65.1 Å². The van der Waals surface area contributed by atoms with Crippen LogP contribution in [0.4, 0.5) is 0 Å². The molecular formula is C16H14ClN3O3. The molecule has 2 amide bonds. The Hall–Kier alpha value is -2.86. The Kier molecular flexibility index (Phi) is 6.14. The van der Waals surface area contributed by atoms with Gasteiger partial charge in [0.15, 0.2) is 0 Å². The van der Waals surface area contributed by atoms with Crippen molar-refractivity contribution in [1.29, 1.82) is 0 Å². The summed E-state index contributed by atoms with van der Waals surface area (Å²) in [5, 5.41) is 6.79. The minimum absolute atomic E-state index is 0.186. The van der Waals surface area contributed by atoms with Gasteiger partial charge in [-0.1, -0.05) is 23.7 Å². The third-order valence-electron chi connectivity index (χ3n) is 2.62. The summed E-state index contributed by atoms with van der Waals surface area (Å²) >= 11 is 5.83. The quantitative estimate of drug-likeness (QED) is 0.483. The summed E-state index contributed by atoms with van der Waals surface area (Å²) in [5.74, 6) is -0.297. The van der Waals surface area contributed by atoms with Crippen LogP contribution < -0.4 is 10.7 Å². The molecule has 6 nitrogen and oxygen atoms in total. The SMILES string of the molecule is O=C(C=Cc1ccco1)NCC(=O)NN=Cc1cccc(Cl)c1. The molecule has 0 aliphatic heterocycles. The zero-order valence-electron chi connectivity index (χ0n) is 12.0.